The van der Waals surface area contributed by atoms with E-state index < -0.39 is 0 Å². The van der Waals surface area contributed by atoms with E-state index in [1.165, 1.54) is 0 Å². The molecule has 0 unspecified atom stereocenters. The Kier molecular flexibility index (Phi) is 3.39. The lowest BCUT2D eigenvalue weighted by Gasteiger charge is -2.06. The third-order valence-electron chi connectivity index (χ3n) is 2.16. The van der Waals surface area contributed by atoms with Gasteiger partial charge in [-0.1, -0.05) is 0 Å². The molecule has 17 heavy (non-hydrogen) atoms. The van der Waals surface area contributed by atoms with Gasteiger partial charge in [-0.2, -0.15) is 0 Å². The van der Waals surface area contributed by atoms with Crippen LogP contribution in [-0.2, 0) is 0 Å². The van der Waals surface area contributed by atoms with E-state index in [9.17, 15) is 4.79 Å². The van der Waals surface area contributed by atoms with Gasteiger partial charge in [0.1, 0.15) is 5.82 Å². The van der Waals surface area contributed by atoms with Crippen LogP contribution in [0.15, 0.2) is 47.1 Å². The molecule has 3 N–H and O–H groups in total. The maximum Gasteiger partial charge on any atom is 0.256 e. The van der Waals surface area contributed by atoms with E-state index in [0.717, 1.165) is 4.47 Å². The molecule has 1 amide bonds. The van der Waals surface area contributed by atoms with Gasteiger partial charge in [-0.3, -0.25) is 4.79 Å². The minimum atomic E-state index is -0.218. The quantitative estimate of drug-likeness (QED) is 0.836. The highest BCUT2D eigenvalue weighted by atomic mass is 79.9. The molecule has 0 aliphatic carbocycles. The minimum Gasteiger partial charge on any atom is -0.399 e. The number of hydrogen-bond acceptors (Lipinski definition) is 3. The molecule has 0 fully saturated rings. The lowest BCUT2D eigenvalue weighted by atomic mass is 10.2. The van der Waals surface area contributed by atoms with E-state index >= 15 is 0 Å². The fourth-order valence-electron chi connectivity index (χ4n) is 1.29. The zero-order valence-corrected chi connectivity index (χ0v) is 10.4. The summed E-state index contributed by atoms with van der Waals surface area (Å²) in [5, 5.41) is 2.71. The number of pyridine rings is 1. The first-order valence-corrected chi connectivity index (χ1v) is 5.73. The first kappa shape index (κ1) is 11.6. The predicted molar refractivity (Wildman–Crippen MR) is 70.7 cm³/mol. The highest BCUT2D eigenvalue weighted by molar-refractivity contribution is 9.10. The van der Waals surface area contributed by atoms with Gasteiger partial charge in [-0.15, -0.1) is 0 Å². The summed E-state index contributed by atoms with van der Waals surface area (Å²) in [7, 11) is 0. The van der Waals surface area contributed by atoms with Gasteiger partial charge in [0, 0.05) is 17.4 Å². The Balaban J connectivity index is 2.17. The number of amides is 1. The number of benzene rings is 1. The van der Waals surface area contributed by atoms with Gasteiger partial charge in [0.2, 0.25) is 0 Å². The largest absolute Gasteiger partial charge is 0.399 e. The van der Waals surface area contributed by atoms with Gasteiger partial charge in [-0.05, 0) is 52.3 Å². The first-order valence-electron chi connectivity index (χ1n) is 4.94. The van der Waals surface area contributed by atoms with Gasteiger partial charge in [-0.25, -0.2) is 4.98 Å². The fraction of sp³-hybridized carbons (Fsp3) is 0. The van der Waals surface area contributed by atoms with Crippen molar-refractivity contribution in [2.45, 2.75) is 0 Å². The molecule has 5 heteroatoms. The van der Waals surface area contributed by atoms with Crippen molar-refractivity contribution < 1.29 is 4.79 Å². The predicted octanol–water partition coefficient (Wildman–Crippen LogP) is 2.68. The Labute approximate surface area is 107 Å². The van der Waals surface area contributed by atoms with Crippen LogP contribution in [0.25, 0.3) is 0 Å². The molecule has 2 rings (SSSR count). The molecule has 1 heterocycles. The third kappa shape index (κ3) is 2.82. The highest BCUT2D eigenvalue weighted by Gasteiger charge is 2.08. The Morgan fingerprint density at radius 3 is 2.59 bits per heavy atom. The molecule has 0 atom stereocenters. The molecule has 4 nitrogen and oxygen atoms in total. The number of anilines is 2. The summed E-state index contributed by atoms with van der Waals surface area (Å²) in [4.78, 5) is 15.9. The van der Waals surface area contributed by atoms with Crippen LogP contribution in [0.3, 0.4) is 0 Å². The first-order chi connectivity index (χ1) is 8.16. The fourth-order valence-corrected chi connectivity index (χ4v) is 1.65. The zero-order chi connectivity index (χ0) is 12.3. The van der Waals surface area contributed by atoms with Gasteiger partial charge in [0.05, 0.1) is 4.47 Å². The molecule has 2 aromatic rings. The van der Waals surface area contributed by atoms with Crippen molar-refractivity contribution in [3.05, 3.63) is 52.6 Å². The van der Waals surface area contributed by atoms with Crippen LogP contribution in [-0.4, -0.2) is 10.9 Å². The summed E-state index contributed by atoms with van der Waals surface area (Å²) in [6.07, 6.45) is 1.61. The Morgan fingerprint density at radius 2 is 1.94 bits per heavy atom. The molecular weight excluding hydrogens is 282 g/mol. The van der Waals surface area contributed by atoms with E-state index in [2.05, 4.69) is 26.2 Å². The number of carbonyl (C=O) groups is 1. The number of aromatic nitrogens is 1. The topological polar surface area (TPSA) is 68.0 Å². The maximum atomic E-state index is 11.9. The van der Waals surface area contributed by atoms with Gasteiger partial charge < -0.3 is 11.1 Å². The van der Waals surface area contributed by atoms with Crippen molar-refractivity contribution in [1.82, 2.24) is 4.98 Å². The number of nitrogens with two attached hydrogens (primary N) is 1. The number of nitrogens with zero attached hydrogens (tertiary/aromatic N) is 1. The second kappa shape index (κ2) is 4.97. The van der Waals surface area contributed by atoms with Crippen molar-refractivity contribution >= 4 is 33.3 Å². The molecule has 0 aliphatic heterocycles. The summed E-state index contributed by atoms with van der Waals surface area (Å²) in [5.41, 5.74) is 6.72. The van der Waals surface area contributed by atoms with Crippen LogP contribution < -0.4 is 11.1 Å². The van der Waals surface area contributed by atoms with Gasteiger partial charge in [0.15, 0.2) is 0 Å². The summed E-state index contributed by atoms with van der Waals surface area (Å²) in [5.74, 6) is 0.277. The number of rotatable bonds is 2. The van der Waals surface area contributed by atoms with Crippen LogP contribution in [0.1, 0.15) is 10.4 Å². The monoisotopic (exact) mass is 291 g/mol. The second-order valence-electron chi connectivity index (χ2n) is 3.41. The Hall–Kier alpha value is -1.88. The van der Waals surface area contributed by atoms with E-state index in [-0.39, 0.29) is 5.91 Å². The average molecular weight is 292 g/mol. The van der Waals surface area contributed by atoms with Crippen LogP contribution >= 0.6 is 15.9 Å². The van der Waals surface area contributed by atoms with Crippen molar-refractivity contribution in [2.24, 2.45) is 0 Å². The lowest BCUT2D eigenvalue weighted by molar-refractivity contribution is 0.102. The molecule has 0 radical (unpaired) electrons. The molecule has 0 spiro atoms. The molecule has 0 saturated heterocycles. The van der Waals surface area contributed by atoms with Crippen molar-refractivity contribution in [2.75, 3.05) is 11.1 Å². The van der Waals surface area contributed by atoms with E-state index in [1.807, 2.05) is 6.07 Å². The van der Waals surface area contributed by atoms with Crippen LogP contribution in [0.4, 0.5) is 11.5 Å². The molecule has 86 valence electrons. The highest BCUT2D eigenvalue weighted by Crippen LogP contribution is 2.19. The van der Waals surface area contributed by atoms with Gasteiger partial charge in [0.25, 0.3) is 5.91 Å². The third-order valence-corrected chi connectivity index (χ3v) is 2.80. The molecule has 1 aromatic heterocycles. The Bertz CT molecular complexity index is 540. The average Bonchev–Trinajstić information content (AvgIpc) is 2.33. The SMILES string of the molecule is Nc1ccc(C(=O)Nc2ncccc2Br)cc1. The second-order valence-corrected chi connectivity index (χ2v) is 4.26. The molecule has 0 saturated carbocycles. The number of nitrogens with one attached hydrogen (secondary N) is 1. The summed E-state index contributed by atoms with van der Waals surface area (Å²) >= 11 is 3.31. The Morgan fingerprint density at radius 1 is 1.24 bits per heavy atom. The van der Waals surface area contributed by atoms with Crippen molar-refractivity contribution in [3.8, 4) is 0 Å². The molecule has 1 aromatic carbocycles. The zero-order valence-electron chi connectivity index (χ0n) is 8.85. The standard InChI is InChI=1S/C12H10BrN3O/c13-10-2-1-7-15-11(10)16-12(17)8-3-5-9(14)6-4-8/h1-7H,14H2,(H,15,16,17). The number of hydrogen-bond donors (Lipinski definition) is 2. The van der Waals surface area contributed by atoms with E-state index in [0.29, 0.717) is 17.1 Å². The van der Waals surface area contributed by atoms with E-state index in [4.69, 9.17) is 5.73 Å². The summed E-state index contributed by atoms with van der Waals surface area (Å²) in [6.45, 7) is 0. The minimum absolute atomic E-state index is 0.218. The number of nitrogen functional groups attached to an aromatic ring is 1. The van der Waals surface area contributed by atoms with Crippen LogP contribution in [0, 0.1) is 0 Å². The van der Waals surface area contributed by atoms with Crippen molar-refractivity contribution in [1.29, 1.82) is 0 Å². The smallest absolute Gasteiger partial charge is 0.256 e. The van der Waals surface area contributed by atoms with Gasteiger partial charge >= 0.3 is 0 Å². The summed E-state index contributed by atoms with van der Waals surface area (Å²) < 4.78 is 0.740. The summed E-state index contributed by atoms with van der Waals surface area (Å²) in [6, 6.07) is 10.3. The number of carbonyl (C=O) groups excluding carboxylic acids is 1. The maximum absolute atomic E-state index is 11.9. The molecular formula is C12H10BrN3O. The van der Waals surface area contributed by atoms with Crippen LogP contribution in [0.5, 0.6) is 0 Å². The molecule has 0 bridgehead atoms. The number of halogens is 1. The van der Waals surface area contributed by atoms with Crippen LogP contribution in [0.2, 0.25) is 0 Å². The van der Waals surface area contributed by atoms with E-state index in [1.54, 1.807) is 36.5 Å². The molecule has 0 aliphatic rings. The lowest BCUT2D eigenvalue weighted by Crippen LogP contribution is -2.13. The van der Waals surface area contributed by atoms with Crippen molar-refractivity contribution in [3.63, 3.8) is 0 Å². The normalized spacial score (nSPS) is 9.94.